The van der Waals surface area contributed by atoms with Crippen molar-refractivity contribution in [2.75, 3.05) is 5.32 Å². The minimum Gasteiger partial charge on any atom is -0.508 e. The second-order valence-electron chi connectivity index (χ2n) is 8.70. The van der Waals surface area contributed by atoms with Gasteiger partial charge in [0.25, 0.3) is 5.91 Å². The summed E-state index contributed by atoms with van der Waals surface area (Å²) in [6, 6.07) is 21.6. The van der Waals surface area contributed by atoms with E-state index < -0.39 is 27.1 Å². The number of hydrogen-bond donors (Lipinski definition) is 3. The van der Waals surface area contributed by atoms with Crippen molar-refractivity contribution in [3.63, 3.8) is 0 Å². The third-order valence-corrected chi connectivity index (χ3v) is 8.15. The molecule has 3 aromatic carbocycles. The quantitative estimate of drug-likeness (QED) is 0.426. The van der Waals surface area contributed by atoms with Crippen LogP contribution in [0.1, 0.15) is 30.0 Å². The maximum absolute atomic E-state index is 12.8. The highest BCUT2D eigenvalue weighted by Gasteiger charge is 2.39. The molecule has 0 fully saturated rings. The smallest absolute Gasteiger partial charge is 0.262 e. The Morgan fingerprint density at radius 3 is 2.42 bits per heavy atom. The Labute approximate surface area is 223 Å². The summed E-state index contributed by atoms with van der Waals surface area (Å²) in [5, 5.41) is 24.3. The van der Waals surface area contributed by atoms with Crippen LogP contribution in [0, 0.1) is 0 Å². The molecule has 2 amide bonds. The van der Waals surface area contributed by atoms with Gasteiger partial charge >= 0.3 is 0 Å². The third-order valence-electron chi connectivity index (χ3n) is 6.08. The predicted octanol–water partition coefficient (Wildman–Crippen LogP) is 3.22. The number of anilines is 1. The molecule has 0 spiro atoms. The molecule has 194 valence electrons. The van der Waals surface area contributed by atoms with Gasteiger partial charge in [-0.15, -0.1) is 0 Å². The molecule has 2 unspecified atom stereocenters. The molecular weight excluding hydrogens is 526 g/mol. The van der Waals surface area contributed by atoms with Crippen molar-refractivity contribution in [3.8, 4) is 5.75 Å². The summed E-state index contributed by atoms with van der Waals surface area (Å²) in [5.41, 5.74) is 2.74. The fraction of sp³-hybridized carbons (Fsp3) is 0.154. The molecular formula is C26H23N5O5S2. The summed E-state index contributed by atoms with van der Waals surface area (Å²) in [6.45, 7) is 0. The summed E-state index contributed by atoms with van der Waals surface area (Å²) in [5.74, 6) is -0.766. The molecule has 0 saturated carbocycles. The van der Waals surface area contributed by atoms with Gasteiger partial charge in [0.1, 0.15) is 11.0 Å². The van der Waals surface area contributed by atoms with Crippen molar-refractivity contribution < 1.29 is 23.1 Å². The number of phenols is 1. The number of para-hydroxylation sites is 1. The first-order chi connectivity index (χ1) is 18.2. The maximum atomic E-state index is 12.8. The molecule has 0 bridgehead atoms. The Kier molecular flexibility index (Phi) is 7.02. The van der Waals surface area contributed by atoms with E-state index >= 15 is 0 Å². The van der Waals surface area contributed by atoms with Crippen LogP contribution in [-0.2, 0) is 19.6 Å². The number of primary sulfonamides is 1. The Hall–Kier alpha value is -4.00. The lowest BCUT2D eigenvalue weighted by atomic mass is 9.98. The van der Waals surface area contributed by atoms with E-state index in [-0.39, 0.29) is 23.1 Å². The van der Waals surface area contributed by atoms with E-state index in [0.717, 1.165) is 23.0 Å². The summed E-state index contributed by atoms with van der Waals surface area (Å²) < 4.78 is 22.8. The van der Waals surface area contributed by atoms with Gasteiger partial charge in [-0.1, -0.05) is 60.3 Å². The van der Waals surface area contributed by atoms with Crippen molar-refractivity contribution in [2.24, 2.45) is 15.2 Å². The van der Waals surface area contributed by atoms with Crippen LogP contribution in [0.4, 0.5) is 5.69 Å². The van der Waals surface area contributed by atoms with Gasteiger partial charge in [0.2, 0.25) is 15.9 Å². The summed E-state index contributed by atoms with van der Waals surface area (Å²) in [4.78, 5) is 29.5. The number of nitrogens with one attached hydrogen (secondary N) is 1. The van der Waals surface area contributed by atoms with Crippen molar-refractivity contribution in [1.82, 2.24) is 5.01 Å². The van der Waals surface area contributed by atoms with Crippen molar-refractivity contribution in [1.29, 1.82) is 0 Å². The topological polar surface area (TPSA) is 155 Å². The second kappa shape index (κ2) is 10.4. The van der Waals surface area contributed by atoms with Crippen LogP contribution in [-0.4, -0.2) is 46.5 Å². The van der Waals surface area contributed by atoms with E-state index in [1.807, 2.05) is 42.5 Å². The molecule has 0 aliphatic carbocycles. The number of amidine groups is 1. The number of hydrazone groups is 1. The number of hydrogen-bond acceptors (Lipinski definition) is 8. The number of aromatic hydroxyl groups is 1. The summed E-state index contributed by atoms with van der Waals surface area (Å²) in [6.07, 6.45) is 0.354. The van der Waals surface area contributed by atoms with Gasteiger partial charge in [0.05, 0.1) is 16.6 Å². The number of amides is 2. The molecule has 5 rings (SSSR count). The van der Waals surface area contributed by atoms with E-state index in [1.54, 1.807) is 17.1 Å². The van der Waals surface area contributed by atoms with Gasteiger partial charge in [0.15, 0.2) is 5.17 Å². The van der Waals surface area contributed by atoms with Crippen molar-refractivity contribution in [3.05, 3.63) is 90.0 Å². The van der Waals surface area contributed by atoms with E-state index in [9.17, 15) is 23.1 Å². The lowest BCUT2D eigenvalue weighted by Gasteiger charge is -2.23. The highest BCUT2D eigenvalue weighted by Crippen LogP contribution is 2.41. The fourth-order valence-electron chi connectivity index (χ4n) is 4.22. The minimum atomic E-state index is -3.84. The van der Waals surface area contributed by atoms with Gasteiger partial charge in [-0.25, -0.2) is 18.6 Å². The fourth-order valence-corrected chi connectivity index (χ4v) is 5.79. The van der Waals surface area contributed by atoms with E-state index in [1.165, 1.54) is 24.3 Å². The number of thioether (sulfide) groups is 1. The van der Waals surface area contributed by atoms with Gasteiger partial charge in [-0.3, -0.25) is 9.59 Å². The van der Waals surface area contributed by atoms with Gasteiger partial charge in [0, 0.05) is 24.1 Å². The molecule has 2 aliphatic rings. The normalized spacial score (nSPS) is 19.3. The molecule has 3 aromatic rings. The van der Waals surface area contributed by atoms with Gasteiger partial charge < -0.3 is 10.4 Å². The Bertz CT molecular complexity index is 1560. The first kappa shape index (κ1) is 25.6. The molecule has 38 heavy (non-hydrogen) atoms. The molecule has 10 nitrogen and oxygen atoms in total. The zero-order valence-corrected chi connectivity index (χ0v) is 21.5. The lowest BCUT2D eigenvalue weighted by Crippen LogP contribution is -2.25. The second-order valence-corrected chi connectivity index (χ2v) is 11.4. The molecule has 0 saturated heterocycles. The molecule has 4 N–H and O–H groups in total. The Morgan fingerprint density at radius 2 is 1.74 bits per heavy atom. The third kappa shape index (κ3) is 5.47. The predicted molar refractivity (Wildman–Crippen MR) is 145 cm³/mol. The van der Waals surface area contributed by atoms with Crippen molar-refractivity contribution in [2.45, 2.75) is 29.0 Å². The molecule has 12 heteroatoms. The summed E-state index contributed by atoms with van der Waals surface area (Å²) in [7, 11) is -3.84. The summed E-state index contributed by atoms with van der Waals surface area (Å²) >= 11 is 1.14. The number of nitrogens with two attached hydrogens (primary N) is 1. The molecule has 0 radical (unpaired) electrons. The number of nitrogens with zero attached hydrogens (tertiary/aromatic N) is 3. The van der Waals surface area contributed by atoms with E-state index in [2.05, 4.69) is 10.3 Å². The van der Waals surface area contributed by atoms with Crippen molar-refractivity contribution >= 4 is 50.2 Å². The van der Waals surface area contributed by atoms with Crippen LogP contribution in [0.3, 0.4) is 0 Å². The molecule has 2 aliphatic heterocycles. The van der Waals surface area contributed by atoms with Crippen LogP contribution in [0.2, 0.25) is 0 Å². The van der Waals surface area contributed by atoms with Crippen LogP contribution in [0.5, 0.6) is 5.75 Å². The van der Waals surface area contributed by atoms with Gasteiger partial charge in [-0.05, 0) is 35.9 Å². The molecule has 2 atom stereocenters. The minimum absolute atomic E-state index is 0.0740. The van der Waals surface area contributed by atoms with E-state index in [0.29, 0.717) is 22.8 Å². The molecule has 0 aromatic heterocycles. The zero-order chi connectivity index (χ0) is 26.9. The number of rotatable bonds is 6. The number of carbonyl (C=O) groups is 2. The van der Waals surface area contributed by atoms with Crippen LogP contribution >= 0.6 is 11.8 Å². The first-order valence-corrected chi connectivity index (χ1v) is 14.0. The first-order valence-electron chi connectivity index (χ1n) is 11.6. The van der Waals surface area contributed by atoms with Crippen LogP contribution in [0.25, 0.3) is 0 Å². The number of aliphatic imine (C=N–C) groups is 1. The highest BCUT2D eigenvalue weighted by atomic mass is 32.2. The van der Waals surface area contributed by atoms with Crippen LogP contribution in [0.15, 0.2) is 93.9 Å². The molecule has 2 heterocycles. The highest BCUT2D eigenvalue weighted by molar-refractivity contribution is 8.15. The lowest BCUT2D eigenvalue weighted by molar-refractivity contribution is -0.121. The largest absolute Gasteiger partial charge is 0.508 e. The van der Waals surface area contributed by atoms with E-state index in [4.69, 9.17) is 10.2 Å². The SMILES string of the molecule is NS(=O)(=O)c1ccc(NC(=O)CC2SC(N3N=C(c4ccccc4)CC3c3ccccc3O)=NC2=O)cc1. The maximum Gasteiger partial charge on any atom is 0.262 e. The Balaban J connectivity index is 1.32. The number of carbonyl (C=O) groups excluding carboxylic acids is 2. The average molecular weight is 550 g/mol. The monoisotopic (exact) mass is 549 g/mol. The van der Waals surface area contributed by atoms with Gasteiger partial charge in [-0.2, -0.15) is 10.1 Å². The number of phenolic OH excluding ortho intramolecular Hbond substituents is 1. The Morgan fingerprint density at radius 1 is 1.05 bits per heavy atom. The number of benzene rings is 3. The van der Waals surface area contributed by atoms with Crippen LogP contribution < -0.4 is 10.5 Å². The average Bonchev–Trinajstić information content (AvgIpc) is 3.48. The zero-order valence-electron chi connectivity index (χ0n) is 19.9. The standard InChI is InChI=1S/C26H23N5O5S2/c27-38(35,36)18-12-10-17(11-13-18)28-24(33)15-23-25(34)29-26(37-23)31-21(19-8-4-5-9-22(19)32)14-20(30-31)16-6-2-1-3-7-16/h1-13,21,23,32H,14-15H2,(H,28,33)(H2,27,35,36). The number of sulfonamides is 1.